The van der Waals surface area contributed by atoms with Gasteiger partial charge in [-0.3, -0.25) is 4.79 Å². The summed E-state index contributed by atoms with van der Waals surface area (Å²) in [7, 11) is -3.73. The van der Waals surface area contributed by atoms with E-state index in [-0.39, 0.29) is 10.1 Å². The minimum absolute atomic E-state index is 0.00379. The Bertz CT molecular complexity index is 659. The molecule has 2 heterocycles. The molecule has 0 aliphatic heterocycles. The zero-order chi connectivity index (χ0) is 13.9. The molecule has 0 saturated carbocycles. The Morgan fingerprint density at radius 3 is 2.74 bits per heavy atom. The van der Waals surface area contributed by atoms with Crippen molar-refractivity contribution in [1.29, 1.82) is 0 Å². The minimum atomic E-state index is -3.73. The predicted molar refractivity (Wildman–Crippen MR) is 76.0 cm³/mol. The van der Waals surface area contributed by atoms with Crippen LogP contribution in [-0.2, 0) is 16.4 Å². The second-order valence-corrected chi connectivity index (χ2v) is 7.52. The van der Waals surface area contributed by atoms with Gasteiger partial charge >= 0.3 is 0 Å². The third-order valence-corrected chi connectivity index (χ3v) is 5.68. The average molecular weight is 316 g/mol. The van der Waals surface area contributed by atoms with Crippen LogP contribution >= 0.6 is 22.7 Å². The van der Waals surface area contributed by atoms with Gasteiger partial charge in [0.15, 0.2) is 0 Å². The number of hydrogen-bond donors (Lipinski definition) is 2. The fourth-order valence-corrected chi connectivity index (χ4v) is 3.74. The number of nitrogens with one attached hydrogen (secondary N) is 1. The lowest BCUT2D eigenvalue weighted by Crippen LogP contribution is -2.25. The van der Waals surface area contributed by atoms with Crippen LogP contribution < -0.4 is 10.5 Å². The van der Waals surface area contributed by atoms with Crippen molar-refractivity contribution < 1.29 is 13.2 Å². The van der Waals surface area contributed by atoms with Crippen LogP contribution in [0.15, 0.2) is 33.2 Å². The van der Waals surface area contributed by atoms with E-state index < -0.39 is 10.0 Å². The summed E-state index contributed by atoms with van der Waals surface area (Å²) < 4.78 is 22.2. The number of carbonyl (C=O) groups excluding carboxylic acids is 1. The zero-order valence-corrected chi connectivity index (χ0v) is 12.3. The zero-order valence-electron chi connectivity index (χ0n) is 9.83. The van der Waals surface area contributed by atoms with Crippen LogP contribution in [0.1, 0.15) is 15.2 Å². The molecule has 102 valence electrons. The van der Waals surface area contributed by atoms with E-state index in [0.717, 1.165) is 17.8 Å². The lowest BCUT2D eigenvalue weighted by atomic mass is 10.3. The Kier molecular flexibility index (Phi) is 4.35. The average Bonchev–Trinajstić information content (AvgIpc) is 2.99. The fourth-order valence-electron chi connectivity index (χ4n) is 1.44. The van der Waals surface area contributed by atoms with Crippen molar-refractivity contribution in [3.63, 3.8) is 0 Å². The van der Waals surface area contributed by atoms with Crippen LogP contribution in [0.4, 0.5) is 0 Å². The first-order chi connectivity index (χ1) is 8.97. The van der Waals surface area contributed by atoms with E-state index in [4.69, 9.17) is 5.14 Å². The second kappa shape index (κ2) is 5.83. The maximum atomic E-state index is 11.8. The van der Waals surface area contributed by atoms with Crippen LogP contribution in [0.2, 0.25) is 0 Å². The molecule has 0 radical (unpaired) electrons. The molecule has 0 saturated heterocycles. The molecule has 2 rings (SSSR count). The maximum Gasteiger partial charge on any atom is 0.252 e. The summed E-state index contributed by atoms with van der Waals surface area (Å²) in [6.45, 7) is 0.514. The molecule has 0 aliphatic rings. The van der Waals surface area contributed by atoms with Gasteiger partial charge in [0.25, 0.3) is 5.91 Å². The van der Waals surface area contributed by atoms with Gasteiger partial charge in [-0.1, -0.05) is 6.07 Å². The van der Waals surface area contributed by atoms with Crippen LogP contribution in [0.25, 0.3) is 0 Å². The molecule has 0 atom stereocenters. The number of amides is 1. The molecule has 2 aromatic rings. The number of thiophene rings is 2. The van der Waals surface area contributed by atoms with Crippen molar-refractivity contribution in [2.24, 2.45) is 5.14 Å². The lowest BCUT2D eigenvalue weighted by molar-refractivity contribution is 0.0954. The second-order valence-electron chi connectivity index (χ2n) is 3.78. The SMILES string of the molecule is NS(=O)(=O)c1cc(C(=O)NCCc2cccs2)cs1. The molecule has 8 heteroatoms. The summed E-state index contributed by atoms with van der Waals surface area (Å²) in [5.41, 5.74) is 0.320. The molecule has 19 heavy (non-hydrogen) atoms. The van der Waals surface area contributed by atoms with Gasteiger partial charge in [-0.2, -0.15) is 0 Å². The van der Waals surface area contributed by atoms with E-state index in [1.807, 2.05) is 17.5 Å². The molecule has 0 unspecified atom stereocenters. The van der Waals surface area contributed by atoms with E-state index in [9.17, 15) is 13.2 Å². The van der Waals surface area contributed by atoms with Gasteiger partial charge in [0.05, 0.1) is 5.56 Å². The quantitative estimate of drug-likeness (QED) is 0.874. The van der Waals surface area contributed by atoms with Gasteiger partial charge in [0.1, 0.15) is 4.21 Å². The number of nitrogens with two attached hydrogens (primary N) is 1. The van der Waals surface area contributed by atoms with Crippen LogP contribution in [0.5, 0.6) is 0 Å². The number of carbonyl (C=O) groups is 1. The highest BCUT2D eigenvalue weighted by molar-refractivity contribution is 7.91. The molecule has 0 aliphatic carbocycles. The number of primary sulfonamides is 1. The van der Waals surface area contributed by atoms with Crippen molar-refractivity contribution in [3.8, 4) is 0 Å². The highest BCUT2D eigenvalue weighted by atomic mass is 32.2. The Morgan fingerprint density at radius 1 is 1.37 bits per heavy atom. The Balaban J connectivity index is 1.91. The maximum absolute atomic E-state index is 11.8. The Hall–Kier alpha value is -1.22. The van der Waals surface area contributed by atoms with E-state index >= 15 is 0 Å². The standard InChI is InChI=1S/C11H12N2O3S3/c12-19(15,16)10-6-8(7-18-10)11(14)13-4-3-9-2-1-5-17-9/h1-2,5-7H,3-4H2,(H,13,14)(H2,12,15,16). The van der Waals surface area contributed by atoms with E-state index in [2.05, 4.69) is 5.32 Å². The molecule has 5 nitrogen and oxygen atoms in total. The topological polar surface area (TPSA) is 89.3 Å². The van der Waals surface area contributed by atoms with Gasteiger partial charge in [-0.25, -0.2) is 13.6 Å². The first kappa shape index (κ1) is 14.2. The predicted octanol–water partition coefficient (Wildman–Crippen LogP) is 1.43. The normalized spacial score (nSPS) is 11.4. The molecular weight excluding hydrogens is 304 g/mol. The Labute approximate surface area is 119 Å². The largest absolute Gasteiger partial charge is 0.352 e. The van der Waals surface area contributed by atoms with Crippen molar-refractivity contribution in [3.05, 3.63) is 39.4 Å². The summed E-state index contributed by atoms with van der Waals surface area (Å²) >= 11 is 2.58. The van der Waals surface area contributed by atoms with Crippen LogP contribution in [0.3, 0.4) is 0 Å². The van der Waals surface area contributed by atoms with Crippen molar-refractivity contribution in [2.75, 3.05) is 6.54 Å². The third kappa shape index (κ3) is 3.87. The first-order valence-electron chi connectivity index (χ1n) is 5.39. The number of hydrogen-bond acceptors (Lipinski definition) is 5. The van der Waals surface area contributed by atoms with Gasteiger partial charge in [0.2, 0.25) is 10.0 Å². The minimum Gasteiger partial charge on any atom is -0.352 e. The van der Waals surface area contributed by atoms with Gasteiger partial charge in [-0.15, -0.1) is 22.7 Å². The number of sulfonamides is 1. The molecule has 2 aromatic heterocycles. The summed E-state index contributed by atoms with van der Waals surface area (Å²) in [6.07, 6.45) is 0.760. The molecule has 1 amide bonds. The molecule has 0 aromatic carbocycles. The third-order valence-electron chi connectivity index (χ3n) is 2.36. The lowest BCUT2D eigenvalue weighted by Gasteiger charge is -2.01. The van der Waals surface area contributed by atoms with Crippen LogP contribution in [-0.4, -0.2) is 20.9 Å². The molecular formula is C11H12N2O3S3. The van der Waals surface area contributed by atoms with Gasteiger partial charge in [-0.05, 0) is 23.9 Å². The fraction of sp³-hybridized carbons (Fsp3) is 0.182. The summed E-state index contributed by atoms with van der Waals surface area (Å²) in [4.78, 5) is 13.0. The van der Waals surface area contributed by atoms with Gasteiger partial charge in [0, 0.05) is 16.8 Å². The van der Waals surface area contributed by atoms with E-state index in [0.29, 0.717) is 12.1 Å². The summed E-state index contributed by atoms with van der Waals surface area (Å²) in [5.74, 6) is -0.289. The first-order valence-corrected chi connectivity index (χ1v) is 8.69. The van der Waals surface area contributed by atoms with Crippen molar-refractivity contribution in [2.45, 2.75) is 10.6 Å². The highest BCUT2D eigenvalue weighted by Gasteiger charge is 2.14. The molecule has 3 N–H and O–H groups in total. The monoisotopic (exact) mass is 316 g/mol. The van der Waals surface area contributed by atoms with E-state index in [1.165, 1.54) is 16.3 Å². The number of rotatable bonds is 5. The molecule has 0 fully saturated rings. The van der Waals surface area contributed by atoms with Crippen molar-refractivity contribution >= 4 is 38.6 Å². The van der Waals surface area contributed by atoms with Crippen molar-refractivity contribution in [1.82, 2.24) is 5.32 Å². The summed E-state index contributed by atoms with van der Waals surface area (Å²) in [6, 6.07) is 5.25. The summed E-state index contributed by atoms with van der Waals surface area (Å²) in [5, 5.41) is 11.2. The van der Waals surface area contributed by atoms with Gasteiger partial charge < -0.3 is 5.32 Å². The Morgan fingerprint density at radius 2 is 2.16 bits per heavy atom. The van der Waals surface area contributed by atoms with Crippen LogP contribution in [0, 0.1) is 0 Å². The highest BCUT2D eigenvalue weighted by Crippen LogP contribution is 2.18. The molecule has 0 spiro atoms. The van der Waals surface area contributed by atoms with E-state index in [1.54, 1.807) is 11.3 Å². The molecule has 0 bridgehead atoms. The smallest absolute Gasteiger partial charge is 0.252 e.